The Morgan fingerprint density at radius 1 is 1.36 bits per heavy atom. The number of rotatable bonds is 8. The number of nitrogens with zero attached hydrogens (tertiary/aromatic N) is 3. The molecule has 0 spiro atoms. The van der Waals surface area contributed by atoms with Crippen LogP contribution in [0.3, 0.4) is 0 Å². The number of anilines is 1. The van der Waals surface area contributed by atoms with Crippen molar-refractivity contribution >= 4 is 23.2 Å². The van der Waals surface area contributed by atoms with Crippen molar-refractivity contribution in [2.75, 3.05) is 25.0 Å². The van der Waals surface area contributed by atoms with Crippen LogP contribution in [0.25, 0.3) is 11.3 Å². The van der Waals surface area contributed by atoms with Crippen LogP contribution in [0.1, 0.15) is 38.8 Å². The van der Waals surface area contributed by atoms with Crippen LogP contribution >= 0.6 is 11.6 Å². The molecule has 2 N–H and O–H groups in total. The minimum atomic E-state index is 0.0722. The topological polar surface area (TPSA) is 79.8 Å². The summed E-state index contributed by atoms with van der Waals surface area (Å²) in [6.45, 7) is 6.97. The van der Waals surface area contributed by atoms with Crippen LogP contribution in [0.5, 0.6) is 0 Å². The fourth-order valence-corrected chi connectivity index (χ4v) is 3.49. The lowest BCUT2D eigenvalue weighted by Crippen LogP contribution is -2.35. The molecule has 1 aliphatic heterocycles. The highest BCUT2D eigenvalue weighted by molar-refractivity contribution is 6.33. The van der Waals surface area contributed by atoms with E-state index in [4.69, 9.17) is 11.6 Å². The van der Waals surface area contributed by atoms with E-state index in [-0.39, 0.29) is 11.7 Å². The zero-order chi connectivity index (χ0) is 19.9. The molecule has 2 aromatic rings. The molecule has 0 aliphatic carbocycles. The molecule has 2 aromatic heterocycles. The van der Waals surface area contributed by atoms with E-state index in [1.807, 2.05) is 6.07 Å². The van der Waals surface area contributed by atoms with E-state index < -0.39 is 0 Å². The van der Waals surface area contributed by atoms with Gasteiger partial charge >= 0.3 is 0 Å². The Morgan fingerprint density at radius 3 is 2.96 bits per heavy atom. The highest BCUT2D eigenvalue weighted by Gasteiger charge is 2.21. The molecule has 3 rings (SSSR count). The van der Waals surface area contributed by atoms with Crippen LogP contribution in [0.15, 0.2) is 24.7 Å². The van der Waals surface area contributed by atoms with Gasteiger partial charge in [0, 0.05) is 42.9 Å². The lowest BCUT2D eigenvalue weighted by molar-refractivity contribution is -0.122. The van der Waals surface area contributed by atoms with Gasteiger partial charge in [0.2, 0.25) is 0 Å². The highest BCUT2D eigenvalue weighted by Crippen LogP contribution is 2.27. The third kappa shape index (κ3) is 5.72. The van der Waals surface area contributed by atoms with Crippen molar-refractivity contribution in [1.82, 2.24) is 20.3 Å². The van der Waals surface area contributed by atoms with E-state index in [9.17, 15) is 4.79 Å². The average molecular weight is 402 g/mol. The molecular formula is C21H28ClN5O. The second-order valence-electron chi connectivity index (χ2n) is 7.74. The summed E-state index contributed by atoms with van der Waals surface area (Å²) in [5.74, 6) is 1.64. The Hall–Kier alpha value is -2.05. The van der Waals surface area contributed by atoms with Crippen molar-refractivity contribution in [2.24, 2.45) is 11.8 Å². The standard InChI is InChI=1S/C21H28ClN5O/c1-14(2)5-7-25-21-13-24-12-19(27-21)17-8-16(26-11-18(17)22)9-20(28)15-4-3-6-23-10-15/h8,11-15,23H,3-7,9-10H2,1-2H3,(H,25,27)/t15-/m1/s1. The van der Waals surface area contributed by atoms with E-state index in [2.05, 4.69) is 39.4 Å². The lowest BCUT2D eigenvalue weighted by atomic mass is 9.92. The average Bonchev–Trinajstić information content (AvgIpc) is 2.70. The van der Waals surface area contributed by atoms with Gasteiger partial charge in [0.05, 0.1) is 23.1 Å². The van der Waals surface area contributed by atoms with E-state index in [0.717, 1.165) is 56.0 Å². The van der Waals surface area contributed by atoms with Gasteiger partial charge in [-0.2, -0.15) is 0 Å². The molecule has 1 saturated heterocycles. The van der Waals surface area contributed by atoms with Gasteiger partial charge in [-0.05, 0) is 37.8 Å². The summed E-state index contributed by atoms with van der Waals surface area (Å²) >= 11 is 6.37. The summed E-state index contributed by atoms with van der Waals surface area (Å²) in [4.78, 5) is 25.8. The molecule has 7 heteroatoms. The SMILES string of the molecule is CC(C)CCNc1cncc(-c2cc(CC(=O)[C@@H]3CCCNC3)ncc2Cl)n1. The quantitative estimate of drug-likeness (QED) is 0.701. The van der Waals surface area contributed by atoms with Crippen LogP contribution in [0.2, 0.25) is 5.02 Å². The first-order valence-electron chi connectivity index (χ1n) is 9.97. The number of carbonyl (C=O) groups excluding carboxylic acids is 1. The van der Waals surface area contributed by atoms with Gasteiger partial charge in [-0.25, -0.2) is 4.98 Å². The van der Waals surface area contributed by atoms with Crippen molar-refractivity contribution in [3.63, 3.8) is 0 Å². The summed E-state index contributed by atoms with van der Waals surface area (Å²) in [6, 6.07) is 1.86. The lowest BCUT2D eigenvalue weighted by Gasteiger charge is -2.21. The van der Waals surface area contributed by atoms with Crippen molar-refractivity contribution in [3.05, 3.63) is 35.4 Å². The maximum absolute atomic E-state index is 12.6. The molecular weight excluding hydrogens is 374 g/mol. The number of Topliss-reactive ketones (excluding diaryl/α,β-unsaturated/α-hetero) is 1. The number of nitrogens with one attached hydrogen (secondary N) is 2. The summed E-state index contributed by atoms with van der Waals surface area (Å²) in [5, 5.41) is 7.10. The molecule has 1 atom stereocenters. The fraction of sp³-hybridized carbons (Fsp3) is 0.524. The molecule has 0 saturated carbocycles. The number of carbonyl (C=O) groups is 1. The second-order valence-corrected chi connectivity index (χ2v) is 8.15. The van der Waals surface area contributed by atoms with Crippen LogP contribution in [0, 0.1) is 11.8 Å². The van der Waals surface area contributed by atoms with Crippen LogP contribution in [-0.4, -0.2) is 40.4 Å². The minimum absolute atomic E-state index is 0.0722. The number of hydrogen-bond donors (Lipinski definition) is 2. The summed E-state index contributed by atoms with van der Waals surface area (Å²) < 4.78 is 0. The van der Waals surface area contributed by atoms with Crippen LogP contribution < -0.4 is 10.6 Å². The third-order valence-electron chi connectivity index (χ3n) is 4.96. The monoisotopic (exact) mass is 401 g/mol. The predicted molar refractivity (Wildman–Crippen MR) is 113 cm³/mol. The van der Waals surface area contributed by atoms with E-state index in [1.165, 1.54) is 0 Å². The largest absolute Gasteiger partial charge is 0.369 e. The Labute approximate surface area is 171 Å². The van der Waals surface area contributed by atoms with Crippen LogP contribution in [0.4, 0.5) is 5.82 Å². The fourth-order valence-electron chi connectivity index (χ4n) is 3.29. The number of piperidine rings is 1. The molecule has 150 valence electrons. The first kappa shape index (κ1) is 20.7. The molecule has 3 heterocycles. The van der Waals surface area contributed by atoms with Gasteiger partial charge in [0.25, 0.3) is 0 Å². The molecule has 0 bridgehead atoms. The number of pyridine rings is 1. The Bertz CT molecular complexity index is 805. The maximum Gasteiger partial charge on any atom is 0.145 e. The van der Waals surface area contributed by atoms with Gasteiger partial charge in [-0.15, -0.1) is 0 Å². The first-order valence-corrected chi connectivity index (χ1v) is 10.3. The number of halogens is 1. The number of aromatic nitrogens is 3. The smallest absolute Gasteiger partial charge is 0.145 e. The van der Waals surface area contributed by atoms with E-state index >= 15 is 0 Å². The van der Waals surface area contributed by atoms with E-state index in [1.54, 1.807) is 18.6 Å². The van der Waals surface area contributed by atoms with Crippen molar-refractivity contribution in [2.45, 2.75) is 39.5 Å². The first-order chi connectivity index (χ1) is 13.5. The van der Waals surface area contributed by atoms with Crippen molar-refractivity contribution in [1.29, 1.82) is 0 Å². The minimum Gasteiger partial charge on any atom is -0.369 e. The van der Waals surface area contributed by atoms with Gasteiger partial charge in [0.1, 0.15) is 11.6 Å². The molecule has 1 fully saturated rings. The molecule has 6 nitrogen and oxygen atoms in total. The molecule has 0 aromatic carbocycles. The van der Waals surface area contributed by atoms with E-state index in [0.29, 0.717) is 23.1 Å². The Balaban J connectivity index is 1.73. The number of hydrogen-bond acceptors (Lipinski definition) is 6. The van der Waals surface area contributed by atoms with Gasteiger partial charge in [0.15, 0.2) is 0 Å². The predicted octanol–water partition coefficient (Wildman–Crippen LogP) is 3.76. The zero-order valence-corrected chi connectivity index (χ0v) is 17.3. The van der Waals surface area contributed by atoms with Crippen molar-refractivity contribution in [3.8, 4) is 11.3 Å². The summed E-state index contributed by atoms with van der Waals surface area (Å²) in [6.07, 6.45) is 8.36. The van der Waals surface area contributed by atoms with Crippen molar-refractivity contribution < 1.29 is 4.79 Å². The van der Waals surface area contributed by atoms with Gasteiger partial charge < -0.3 is 10.6 Å². The Morgan fingerprint density at radius 2 is 2.21 bits per heavy atom. The second kappa shape index (κ2) is 9.94. The molecule has 1 aliphatic rings. The molecule has 0 amide bonds. The third-order valence-corrected chi connectivity index (χ3v) is 5.26. The summed E-state index contributed by atoms with van der Waals surface area (Å²) in [5.41, 5.74) is 2.14. The van der Waals surface area contributed by atoms with Gasteiger partial charge in [-0.3, -0.25) is 14.8 Å². The number of ketones is 1. The normalized spacial score (nSPS) is 16.9. The maximum atomic E-state index is 12.6. The summed E-state index contributed by atoms with van der Waals surface area (Å²) in [7, 11) is 0. The van der Waals surface area contributed by atoms with Gasteiger partial charge in [-0.1, -0.05) is 25.4 Å². The molecule has 0 unspecified atom stereocenters. The zero-order valence-electron chi connectivity index (χ0n) is 16.5. The molecule has 28 heavy (non-hydrogen) atoms. The molecule has 0 radical (unpaired) electrons. The Kier molecular flexibility index (Phi) is 7.34. The van der Waals surface area contributed by atoms with Crippen LogP contribution in [-0.2, 0) is 11.2 Å². The highest BCUT2D eigenvalue weighted by atomic mass is 35.5.